The van der Waals surface area contributed by atoms with Crippen molar-refractivity contribution in [2.45, 2.75) is 90.3 Å². The minimum absolute atomic E-state index is 0.0158. The first kappa shape index (κ1) is 31.4. The summed E-state index contributed by atoms with van der Waals surface area (Å²) in [5.41, 5.74) is 0. The zero-order valence-electron chi connectivity index (χ0n) is 21.9. The maximum atomic E-state index is 11.9. The maximum absolute atomic E-state index is 11.9. The number of nitrogens with one attached hydrogen (secondary N) is 2. The van der Waals surface area contributed by atoms with Crippen molar-refractivity contribution in [3.8, 4) is 0 Å². The molecule has 0 saturated heterocycles. The van der Waals surface area contributed by atoms with Gasteiger partial charge in [0.25, 0.3) is 11.8 Å². The van der Waals surface area contributed by atoms with Crippen LogP contribution in [0.3, 0.4) is 0 Å². The lowest BCUT2D eigenvalue weighted by Crippen LogP contribution is -2.37. The molecule has 0 spiro atoms. The quantitative estimate of drug-likeness (QED) is 0.0991. The summed E-state index contributed by atoms with van der Waals surface area (Å²) < 4.78 is 11.3. The third kappa shape index (κ3) is 15.4. The average molecular weight is 510 g/mol. The van der Waals surface area contributed by atoms with Crippen molar-refractivity contribution in [2.75, 3.05) is 32.8 Å². The highest BCUT2D eigenvalue weighted by Gasteiger charge is 2.23. The second kappa shape index (κ2) is 18.6. The van der Waals surface area contributed by atoms with Crippen LogP contribution in [0.5, 0.6) is 0 Å². The fraction of sp³-hybridized carbons (Fsp3) is 0.731. The van der Waals surface area contributed by atoms with Crippen LogP contribution in [-0.4, -0.2) is 73.4 Å². The molecule has 0 fully saturated rings. The first-order chi connectivity index (χ1) is 17.2. The number of amides is 4. The van der Waals surface area contributed by atoms with Crippen LogP contribution in [0.25, 0.3) is 0 Å². The van der Waals surface area contributed by atoms with Gasteiger partial charge in [-0.2, -0.15) is 0 Å². The van der Waals surface area contributed by atoms with Crippen LogP contribution in [0, 0.1) is 0 Å². The van der Waals surface area contributed by atoms with Gasteiger partial charge in [-0.25, -0.2) is 0 Å². The van der Waals surface area contributed by atoms with Crippen molar-refractivity contribution in [3.05, 3.63) is 12.2 Å². The molecule has 1 aliphatic rings. The van der Waals surface area contributed by atoms with E-state index < -0.39 is 17.6 Å². The number of rotatable bonds is 22. The number of hydrogen-bond acceptors (Lipinski definition) is 7. The number of imide groups is 1. The summed E-state index contributed by atoms with van der Waals surface area (Å²) in [7, 11) is 0. The van der Waals surface area contributed by atoms with Crippen molar-refractivity contribution in [1.82, 2.24) is 15.5 Å². The van der Waals surface area contributed by atoms with E-state index in [1.54, 1.807) is 13.8 Å². The van der Waals surface area contributed by atoms with E-state index in [9.17, 15) is 24.0 Å². The molecular weight excluding hydrogens is 466 g/mol. The lowest BCUT2D eigenvalue weighted by molar-refractivity contribution is -0.211. The second-order valence-electron chi connectivity index (χ2n) is 9.24. The number of ether oxygens (including phenoxy) is 2. The van der Waals surface area contributed by atoms with Gasteiger partial charge < -0.3 is 24.9 Å². The third-order valence-electron chi connectivity index (χ3n) is 5.69. The summed E-state index contributed by atoms with van der Waals surface area (Å²) in [5, 5.41) is 5.53. The zero-order valence-corrected chi connectivity index (χ0v) is 21.9. The van der Waals surface area contributed by atoms with E-state index in [2.05, 4.69) is 10.6 Å². The normalized spacial score (nSPS) is 13.3. The first-order valence-electron chi connectivity index (χ1n) is 13.0. The number of nitrogens with zero attached hydrogens (tertiary/aromatic N) is 1. The molecule has 36 heavy (non-hydrogen) atoms. The molecule has 0 bridgehead atoms. The Hall–Kier alpha value is -2.59. The summed E-state index contributed by atoms with van der Waals surface area (Å²) in [4.78, 5) is 58.0. The minimum atomic E-state index is -0.872. The molecular formula is C26H43N3O7. The van der Waals surface area contributed by atoms with Crippen LogP contribution < -0.4 is 10.6 Å². The van der Waals surface area contributed by atoms with Crippen molar-refractivity contribution < 1.29 is 33.4 Å². The summed E-state index contributed by atoms with van der Waals surface area (Å²) in [5.74, 6) is -1.95. The van der Waals surface area contributed by atoms with Crippen LogP contribution >= 0.6 is 0 Å². The topological polar surface area (TPSA) is 131 Å². The highest BCUT2D eigenvalue weighted by atomic mass is 16.7. The molecule has 1 rings (SSSR count). The Morgan fingerprint density at radius 3 is 1.81 bits per heavy atom. The molecule has 0 aliphatic carbocycles. The number of carbonyl (C=O) groups is 5. The predicted octanol–water partition coefficient (Wildman–Crippen LogP) is 2.40. The Balaban J connectivity index is 1.96. The van der Waals surface area contributed by atoms with Gasteiger partial charge >= 0.3 is 0 Å². The molecule has 1 aliphatic heterocycles. The fourth-order valence-electron chi connectivity index (χ4n) is 3.63. The number of aldehydes is 1. The highest BCUT2D eigenvalue weighted by molar-refractivity contribution is 6.13. The average Bonchev–Trinajstić information content (AvgIpc) is 3.16. The monoisotopic (exact) mass is 509 g/mol. The molecule has 10 nitrogen and oxygen atoms in total. The van der Waals surface area contributed by atoms with Crippen molar-refractivity contribution in [1.29, 1.82) is 0 Å². The smallest absolute Gasteiger partial charge is 0.253 e. The fourth-order valence-corrected chi connectivity index (χ4v) is 3.63. The lowest BCUT2D eigenvalue weighted by Gasteiger charge is -2.26. The Labute approximate surface area is 214 Å². The van der Waals surface area contributed by atoms with Crippen molar-refractivity contribution in [3.63, 3.8) is 0 Å². The molecule has 0 radical (unpaired) electrons. The largest absolute Gasteiger partial charge is 0.354 e. The molecule has 4 amide bonds. The van der Waals surface area contributed by atoms with Gasteiger partial charge in [-0.05, 0) is 26.7 Å². The minimum Gasteiger partial charge on any atom is -0.354 e. The first-order valence-corrected chi connectivity index (χ1v) is 13.0. The van der Waals surface area contributed by atoms with E-state index in [4.69, 9.17) is 9.47 Å². The van der Waals surface area contributed by atoms with Crippen LogP contribution in [0.2, 0.25) is 0 Å². The molecule has 0 aromatic rings. The number of unbranched alkanes of at least 4 members (excludes halogenated alkanes) is 8. The summed E-state index contributed by atoms with van der Waals surface area (Å²) in [6, 6.07) is 0. The van der Waals surface area contributed by atoms with Gasteiger partial charge in [0, 0.05) is 51.0 Å². The lowest BCUT2D eigenvalue weighted by atomic mass is 10.1. The van der Waals surface area contributed by atoms with E-state index >= 15 is 0 Å². The second-order valence-corrected chi connectivity index (χ2v) is 9.24. The molecule has 2 N–H and O–H groups in total. The SMILES string of the molecule is CC(C)(OCCNC(=O)CCCCCCCCCCC=O)OCCNC(=O)CCN1C(=O)C=CC1=O. The highest BCUT2D eigenvalue weighted by Crippen LogP contribution is 2.11. The number of hydrogen-bond donors (Lipinski definition) is 2. The number of carbonyl (C=O) groups excluding carboxylic acids is 5. The molecule has 0 atom stereocenters. The van der Waals surface area contributed by atoms with Gasteiger partial charge in [0.15, 0.2) is 5.79 Å². The van der Waals surface area contributed by atoms with Gasteiger partial charge in [0.2, 0.25) is 11.8 Å². The molecule has 0 aromatic carbocycles. The Bertz CT molecular complexity index is 719. The molecule has 0 aromatic heterocycles. The van der Waals surface area contributed by atoms with Gasteiger partial charge in [0.05, 0.1) is 13.2 Å². The summed E-state index contributed by atoms with van der Waals surface area (Å²) >= 11 is 0. The Morgan fingerprint density at radius 2 is 1.28 bits per heavy atom. The van der Waals surface area contributed by atoms with E-state index in [1.807, 2.05) is 0 Å². The van der Waals surface area contributed by atoms with Gasteiger partial charge in [-0.15, -0.1) is 0 Å². The Kier molecular flexibility index (Phi) is 16.3. The van der Waals surface area contributed by atoms with Crippen LogP contribution in [0.15, 0.2) is 12.2 Å². The predicted molar refractivity (Wildman–Crippen MR) is 135 cm³/mol. The van der Waals surface area contributed by atoms with Gasteiger partial charge in [-0.1, -0.05) is 38.5 Å². The molecule has 204 valence electrons. The van der Waals surface area contributed by atoms with Gasteiger partial charge in [-0.3, -0.25) is 24.1 Å². The molecule has 0 saturated carbocycles. The Morgan fingerprint density at radius 1 is 0.806 bits per heavy atom. The van der Waals surface area contributed by atoms with Crippen LogP contribution in [0.1, 0.15) is 84.5 Å². The van der Waals surface area contributed by atoms with Crippen molar-refractivity contribution in [2.24, 2.45) is 0 Å². The molecule has 1 heterocycles. The van der Waals surface area contributed by atoms with Crippen LogP contribution in [-0.2, 0) is 33.4 Å². The van der Waals surface area contributed by atoms with E-state index in [0.717, 1.165) is 43.3 Å². The van der Waals surface area contributed by atoms with E-state index in [1.165, 1.54) is 31.4 Å². The van der Waals surface area contributed by atoms with Gasteiger partial charge in [0.1, 0.15) is 6.29 Å². The van der Waals surface area contributed by atoms with E-state index in [0.29, 0.717) is 26.0 Å². The maximum Gasteiger partial charge on any atom is 0.253 e. The van der Waals surface area contributed by atoms with Crippen LogP contribution in [0.4, 0.5) is 0 Å². The van der Waals surface area contributed by atoms with E-state index in [-0.39, 0.29) is 37.9 Å². The zero-order chi connectivity index (χ0) is 26.7. The summed E-state index contributed by atoms with van der Waals surface area (Å²) in [6.45, 7) is 4.76. The molecule has 0 unspecified atom stereocenters. The summed E-state index contributed by atoms with van der Waals surface area (Å²) in [6.07, 6.45) is 13.2. The molecule has 10 heteroatoms. The standard InChI is InChI=1S/C26H43N3O7/c1-26(2,36-21-17-28-23(32)15-18-29-24(33)13-14-25(29)34)35-20-16-27-22(31)12-10-8-6-4-3-5-7-9-11-19-30/h13-14,19H,3-12,15-18,20-21H2,1-2H3,(H,27,31)(H,28,32). The third-order valence-corrected chi connectivity index (χ3v) is 5.69. The van der Waals surface area contributed by atoms with Crippen molar-refractivity contribution >= 4 is 29.9 Å².